The van der Waals surface area contributed by atoms with Crippen molar-refractivity contribution < 1.29 is 13.5 Å². The van der Waals surface area contributed by atoms with Crippen molar-refractivity contribution in [2.75, 3.05) is 0 Å². The molecule has 1 heterocycles. The average molecular weight is 351 g/mol. The lowest BCUT2D eigenvalue weighted by Crippen LogP contribution is -2.15. The molecule has 1 aromatic heterocycles. The summed E-state index contributed by atoms with van der Waals surface area (Å²) in [5.41, 5.74) is 4.06. The first-order valence-corrected chi connectivity index (χ1v) is 9.53. The third-order valence-corrected chi connectivity index (χ3v) is 6.19. The van der Waals surface area contributed by atoms with Gasteiger partial charge in [-0.15, -0.1) is 0 Å². The predicted molar refractivity (Wildman–Crippen MR) is 95.6 cm³/mol. The fourth-order valence-electron chi connectivity index (χ4n) is 3.14. The van der Waals surface area contributed by atoms with Gasteiger partial charge in [-0.3, -0.25) is 0 Å². The zero-order valence-corrected chi connectivity index (χ0v) is 14.5. The summed E-state index contributed by atoms with van der Waals surface area (Å²) in [6.45, 7) is 1.91. The highest BCUT2D eigenvalue weighted by Gasteiger charge is 2.24. The Labute approximate surface area is 147 Å². The number of hydrogen-bond acceptors (Lipinski definition) is 3. The van der Waals surface area contributed by atoms with Gasteiger partial charge in [0.15, 0.2) is 0 Å². The molecule has 0 bridgehead atoms. The Morgan fingerprint density at radius 3 is 2.64 bits per heavy atom. The number of aromatic nitrogens is 1. The summed E-state index contributed by atoms with van der Waals surface area (Å²) >= 11 is 0. The number of hydrogen-bond donors (Lipinski definition) is 1. The molecule has 0 spiro atoms. The van der Waals surface area contributed by atoms with E-state index in [4.69, 9.17) is 0 Å². The second-order valence-electron chi connectivity index (χ2n) is 6.33. The van der Waals surface area contributed by atoms with Gasteiger partial charge >= 0.3 is 0 Å². The largest absolute Gasteiger partial charge is 0.388 e. The van der Waals surface area contributed by atoms with Crippen molar-refractivity contribution in [3.8, 4) is 11.8 Å². The highest BCUT2D eigenvalue weighted by molar-refractivity contribution is 7.90. The first-order chi connectivity index (χ1) is 11.9. The molecule has 5 heteroatoms. The highest BCUT2D eigenvalue weighted by Crippen LogP contribution is 2.28. The number of aryl methyl sites for hydroxylation is 1. The van der Waals surface area contributed by atoms with Crippen LogP contribution in [0, 0.1) is 18.8 Å². The molecule has 2 aliphatic carbocycles. The monoisotopic (exact) mass is 351 g/mol. The Balaban J connectivity index is 1.79. The summed E-state index contributed by atoms with van der Waals surface area (Å²) in [6.07, 6.45) is 7.52. The van der Waals surface area contributed by atoms with Gasteiger partial charge in [0.25, 0.3) is 10.0 Å². The average Bonchev–Trinajstić information content (AvgIpc) is 3.19. The molecule has 2 aliphatic rings. The lowest BCUT2D eigenvalue weighted by atomic mass is 9.95. The molecule has 0 saturated heterocycles. The van der Waals surface area contributed by atoms with Gasteiger partial charge in [0, 0.05) is 30.0 Å². The molecule has 0 radical (unpaired) electrons. The normalized spacial score (nSPS) is 18.9. The van der Waals surface area contributed by atoms with E-state index in [1.807, 2.05) is 19.1 Å². The molecule has 4 nitrogen and oxygen atoms in total. The first kappa shape index (κ1) is 15.9. The molecule has 0 fully saturated rings. The number of benzene rings is 1. The molecule has 1 aromatic carbocycles. The number of aliphatic hydroxyl groups excluding tert-OH is 1. The number of aliphatic hydroxyl groups is 1. The van der Waals surface area contributed by atoms with Crippen LogP contribution in [-0.4, -0.2) is 23.6 Å². The molecule has 2 aromatic rings. The minimum absolute atomic E-state index is 0.233. The zero-order valence-electron chi connectivity index (χ0n) is 13.7. The van der Waals surface area contributed by atoms with Crippen molar-refractivity contribution in [2.45, 2.75) is 30.8 Å². The second kappa shape index (κ2) is 5.76. The van der Waals surface area contributed by atoms with Crippen LogP contribution in [0.25, 0.3) is 0 Å². The summed E-state index contributed by atoms with van der Waals surface area (Å²) in [4.78, 5) is 0.233. The fraction of sp³-hybridized carbons (Fsp3) is 0.200. The molecule has 25 heavy (non-hydrogen) atoms. The van der Waals surface area contributed by atoms with Crippen molar-refractivity contribution >= 4 is 10.0 Å². The molecule has 1 N–H and O–H groups in total. The molecule has 1 atom stereocenters. The van der Waals surface area contributed by atoms with E-state index in [0.717, 1.165) is 28.7 Å². The maximum absolute atomic E-state index is 12.8. The first-order valence-electron chi connectivity index (χ1n) is 8.09. The van der Waals surface area contributed by atoms with Gasteiger partial charge in [0.05, 0.1) is 11.0 Å². The quantitative estimate of drug-likeness (QED) is 0.846. The highest BCUT2D eigenvalue weighted by atomic mass is 32.2. The van der Waals surface area contributed by atoms with Gasteiger partial charge < -0.3 is 5.11 Å². The van der Waals surface area contributed by atoms with Crippen molar-refractivity contribution in [1.82, 2.24) is 3.97 Å². The summed E-state index contributed by atoms with van der Waals surface area (Å²) in [5, 5.41) is 10.5. The van der Waals surface area contributed by atoms with E-state index in [1.165, 1.54) is 10.2 Å². The lowest BCUT2D eigenvalue weighted by molar-refractivity contribution is 0.214. The van der Waals surface area contributed by atoms with Crippen molar-refractivity contribution in [3.63, 3.8) is 0 Å². The van der Waals surface area contributed by atoms with Crippen molar-refractivity contribution in [1.29, 1.82) is 0 Å². The second-order valence-corrected chi connectivity index (χ2v) is 8.17. The molecule has 0 amide bonds. The summed E-state index contributed by atoms with van der Waals surface area (Å²) in [6, 6.07) is 6.75. The maximum atomic E-state index is 12.8. The zero-order chi connectivity index (χ0) is 17.6. The van der Waals surface area contributed by atoms with Gasteiger partial charge in [-0.05, 0) is 36.6 Å². The van der Waals surface area contributed by atoms with E-state index in [1.54, 1.807) is 30.5 Å². The Kier molecular flexibility index (Phi) is 3.68. The summed E-state index contributed by atoms with van der Waals surface area (Å²) in [5.74, 6) is 6.11. The molecule has 126 valence electrons. The standard InChI is InChI=1S/C20H17NO3S/c1-14-5-9-18(10-6-14)25(23,24)21-12-16-8-7-15-3-2-4-19(15)20(22)11-17(16)13-21/h3-6,9-10,12-13,20,22H,2,11H2,1H3. The van der Waals surface area contributed by atoms with E-state index in [-0.39, 0.29) is 4.90 Å². The number of fused-ring (bicyclic) bond motifs is 2. The summed E-state index contributed by atoms with van der Waals surface area (Å²) in [7, 11) is -3.67. The van der Waals surface area contributed by atoms with Gasteiger partial charge in [-0.2, -0.15) is 0 Å². The van der Waals surface area contributed by atoms with Crippen LogP contribution in [0.15, 0.2) is 64.9 Å². The van der Waals surface area contributed by atoms with E-state index >= 15 is 0 Å². The van der Waals surface area contributed by atoms with Crippen LogP contribution < -0.4 is 0 Å². The third kappa shape index (κ3) is 2.74. The predicted octanol–water partition coefficient (Wildman–Crippen LogP) is 2.56. The molecular weight excluding hydrogens is 334 g/mol. The van der Waals surface area contributed by atoms with Crippen LogP contribution in [-0.2, 0) is 16.4 Å². The summed E-state index contributed by atoms with van der Waals surface area (Å²) < 4.78 is 26.9. The molecular formula is C20H17NO3S. The molecule has 4 rings (SSSR count). The molecule has 1 unspecified atom stereocenters. The van der Waals surface area contributed by atoms with Crippen LogP contribution in [0.2, 0.25) is 0 Å². The minimum atomic E-state index is -3.67. The van der Waals surface area contributed by atoms with Crippen LogP contribution >= 0.6 is 0 Å². The van der Waals surface area contributed by atoms with Gasteiger partial charge in [0.2, 0.25) is 0 Å². The fourth-order valence-corrected chi connectivity index (χ4v) is 4.37. The molecule has 0 saturated carbocycles. The van der Waals surface area contributed by atoms with E-state index in [2.05, 4.69) is 11.8 Å². The van der Waals surface area contributed by atoms with Crippen LogP contribution in [0.4, 0.5) is 0 Å². The van der Waals surface area contributed by atoms with E-state index in [0.29, 0.717) is 12.0 Å². The van der Waals surface area contributed by atoms with Crippen molar-refractivity contribution in [2.24, 2.45) is 0 Å². The molecule has 0 aliphatic heterocycles. The Hall–Kier alpha value is -2.55. The Morgan fingerprint density at radius 1 is 1.12 bits per heavy atom. The minimum Gasteiger partial charge on any atom is -0.388 e. The number of nitrogens with zero attached hydrogens (tertiary/aromatic N) is 1. The van der Waals surface area contributed by atoms with Gasteiger partial charge in [-0.25, -0.2) is 12.4 Å². The Bertz CT molecular complexity index is 1070. The van der Waals surface area contributed by atoms with Crippen LogP contribution in [0.5, 0.6) is 0 Å². The van der Waals surface area contributed by atoms with Gasteiger partial charge in [0.1, 0.15) is 0 Å². The maximum Gasteiger partial charge on any atom is 0.267 e. The number of allylic oxidation sites excluding steroid dienone is 2. The van der Waals surface area contributed by atoms with Crippen LogP contribution in [0.1, 0.15) is 23.1 Å². The van der Waals surface area contributed by atoms with Crippen molar-refractivity contribution in [3.05, 3.63) is 76.6 Å². The van der Waals surface area contributed by atoms with Crippen LogP contribution in [0.3, 0.4) is 0 Å². The number of rotatable bonds is 2. The topological polar surface area (TPSA) is 59.3 Å². The SMILES string of the molecule is Cc1ccc(S(=O)(=O)n2cc3c(c2)CC(O)C2=CCC=C2C#C3)cc1. The van der Waals surface area contributed by atoms with Gasteiger partial charge in [-0.1, -0.05) is 41.7 Å². The van der Waals surface area contributed by atoms with E-state index in [9.17, 15) is 13.5 Å². The lowest BCUT2D eigenvalue weighted by Gasteiger charge is -2.14. The smallest absolute Gasteiger partial charge is 0.267 e. The Morgan fingerprint density at radius 2 is 1.88 bits per heavy atom. The third-order valence-electron chi connectivity index (χ3n) is 4.56. The van der Waals surface area contributed by atoms with E-state index < -0.39 is 16.1 Å².